The van der Waals surface area contributed by atoms with Gasteiger partial charge in [0.15, 0.2) is 10.8 Å². The minimum atomic E-state index is -1.10. The van der Waals surface area contributed by atoms with Crippen LogP contribution in [0, 0.1) is 12.8 Å². The van der Waals surface area contributed by atoms with Crippen LogP contribution < -0.4 is 20.3 Å². The van der Waals surface area contributed by atoms with Gasteiger partial charge in [-0.25, -0.2) is 14.8 Å². The van der Waals surface area contributed by atoms with Gasteiger partial charge in [0.05, 0.1) is 33.4 Å². The molecule has 0 bridgehead atoms. The number of hydrogen-bond donors (Lipinski definition) is 3. The molecule has 3 amide bonds. The molecule has 3 fully saturated rings. The molecule has 71 heavy (non-hydrogen) atoms. The highest BCUT2D eigenvalue weighted by molar-refractivity contribution is 7.22. The number of aromatic nitrogens is 4. The molecule has 7 aromatic rings. The molecule has 3 N–H and O–H groups in total. The van der Waals surface area contributed by atoms with E-state index in [1.165, 1.54) is 29.7 Å². The number of aromatic carboxylic acids is 1. The zero-order chi connectivity index (χ0) is 48.8. The molecule has 0 radical (unpaired) electrons. The number of imide groups is 1. The second-order valence-corrected chi connectivity index (χ2v) is 20.9. The van der Waals surface area contributed by atoms with Gasteiger partial charge in [0, 0.05) is 49.6 Å². The van der Waals surface area contributed by atoms with Crippen LogP contribution in [0.4, 0.5) is 10.9 Å². The van der Waals surface area contributed by atoms with E-state index in [1.54, 1.807) is 0 Å². The van der Waals surface area contributed by atoms with E-state index in [4.69, 9.17) is 14.8 Å². The fourth-order valence-electron chi connectivity index (χ4n) is 11.5. The molecule has 15 heteroatoms. The van der Waals surface area contributed by atoms with Gasteiger partial charge in [-0.3, -0.25) is 29.7 Å². The minimum Gasteiger partial charge on any atom is -0.490 e. The Hall–Kier alpha value is -6.97. The Balaban J connectivity index is 0.677. The number of fused-ring (bicyclic) bond motifs is 3. The third-order valence-electron chi connectivity index (χ3n) is 15.4. The number of hydrogen-bond acceptors (Lipinski definition) is 11. The molecule has 14 nitrogen and oxygen atoms in total. The van der Waals surface area contributed by atoms with Crippen LogP contribution in [0.15, 0.2) is 91.0 Å². The van der Waals surface area contributed by atoms with E-state index in [1.807, 2.05) is 96.3 Å². The van der Waals surface area contributed by atoms with Crippen LogP contribution in [0.3, 0.4) is 0 Å². The first-order valence-electron chi connectivity index (χ1n) is 25.1. The van der Waals surface area contributed by atoms with E-state index in [0.717, 1.165) is 107 Å². The van der Waals surface area contributed by atoms with Crippen LogP contribution in [0.2, 0.25) is 0 Å². The predicted octanol–water partition coefficient (Wildman–Crippen LogP) is 9.79. The summed E-state index contributed by atoms with van der Waals surface area (Å²) in [6.45, 7) is 6.27. The van der Waals surface area contributed by atoms with Crippen LogP contribution in [0.1, 0.15) is 118 Å². The quantitative estimate of drug-likeness (QED) is 0.0940. The van der Waals surface area contributed by atoms with Crippen molar-refractivity contribution >= 4 is 67.1 Å². The number of pyridine rings is 1. The number of carboxylic acid groups (broad SMARTS) is 1. The summed E-state index contributed by atoms with van der Waals surface area (Å²) in [4.78, 5) is 64.9. The van der Waals surface area contributed by atoms with Crippen molar-refractivity contribution in [1.29, 1.82) is 0 Å². The van der Waals surface area contributed by atoms with Gasteiger partial charge >= 0.3 is 5.97 Å². The van der Waals surface area contributed by atoms with Gasteiger partial charge in [-0.05, 0) is 160 Å². The lowest BCUT2D eigenvalue weighted by atomic mass is 9.84. The number of thiazole rings is 1. The number of rotatable bonds is 13. The number of para-hydroxylation sites is 1. The molecule has 0 spiro atoms. The van der Waals surface area contributed by atoms with Gasteiger partial charge < -0.3 is 19.6 Å². The van der Waals surface area contributed by atoms with E-state index in [0.29, 0.717) is 66.3 Å². The number of carbonyl (C=O) groups is 4. The number of aryl methyl sites for hydroxylation is 1. The van der Waals surface area contributed by atoms with Crippen LogP contribution in [-0.2, 0) is 29.6 Å². The molecule has 3 aromatic heterocycles. The third kappa shape index (κ3) is 9.52. The number of ether oxygens (including phenoxy) is 1. The number of amides is 3. The number of carbonyl (C=O) groups excluding carboxylic acids is 3. The van der Waals surface area contributed by atoms with Gasteiger partial charge in [0.1, 0.15) is 11.6 Å². The lowest BCUT2D eigenvalue weighted by molar-refractivity contribution is -0.134. The normalized spacial score (nSPS) is 20.6. The van der Waals surface area contributed by atoms with Gasteiger partial charge in [0.25, 0.3) is 5.91 Å². The fourth-order valence-corrected chi connectivity index (χ4v) is 12.4. The molecule has 4 aliphatic rings. The SMILES string of the molecule is Cc1c(OC2CCC(CCCN3CC[C@@H](c4ccc5c(C6CCC(=O)NC6=O)nn(C)c5c4)C3)CC2)cccc1-c1ccc(N2CCc3cccc(C(=O)Nc4nc5ccccc5s4)c3C2)nc1C(=O)O. The molecular formula is C56H58N8O6S. The Morgan fingerprint density at radius 3 is 2.56 bits per heavy atom. The molecule has 1 saturated carbocycles. The van der Waals surface area contributed by atoms with Crippen molar-refractivity contribution in [3.05, 3.63) is 130 Å². The van der Waals surface area contributed by atoms with Crippen LogP contribution >= 0.6 is 11.3 Å². The number of benzene rings is 4. The number of carboxylic acids is 1. The Kier molecular flexibility index (Phi) is 12.9. The number of anilines is 2. The molecule has 11 rings (SSSR count). The van der Waals surface area contributed by atoms with Crippen molar-refractivity contribution in [1.82, 2.24) is 30.0 Å². The fraction of sp³-hybridized carbons (Fsp3) is 0.375. The maximum absolute atomic E-state index is 13.7. The van der Waals surface area contributed by atoms with Gasteiger partial charge in [-0.2, -0.15) is 5.10 Å². The summed E-state index contributed by atoms with van der Waals surface area (Å²) >= 11 is 1.44. The van der Waals surface area contributed by atoms with E-state index >= 15 is 0 Å². The van der Waals surface area contributed by atoms with Crippen molar-refractivity contribution in [3.8, 4) is 16.9 Å². The first-order valence-corrected chi connectivity index (χ1v) is 25.9. The van der Waals surface area contributed by atoms with E-state index in [2.05, 4.69) is 38.7 Å². The zero-order valence-corrected chi connectivity index (χ0v) is 41.0. The second kappa shape index (κ2) is 19.7. The molecule has 3 aliphatic heterocycles. The highest BCUT2D eigenvalue weighted by Gasteiger charge is 2.33. The van der Waals surface area contributed by atoms with Gasteiger partial charge in [0.2, 0.25) is 11.8 Å². The molecule has 2 saturated heterocycles. The molecule has 4 aromatic carbocycles. The maximum atomic E-state index is 13.7. The Morgan fingerprint density at radius 1 is 0.887 bits per heavy atom. The van der Waals surface area contributed by atoms with Gasteiger partial charge in [-0.15, -0.1) is 0 Å². The van der Waals surface area contributed by atoms with E-state index in [-0.39, 0.29) is 29.5 Å². The number of likely N-dealkylation sites (tertiary alicyclic amines) is 1. The summed E-state index contributed by atoms with van der Waals surface area (Å²) in [6.07, 6.45) is 9.36. The zero-order valence-electron chi connectivity index (χ0n) is 40.2. The van der Waals surface area contributed by atoms with Crippen LogP contribution in [0.5, 0.6) is 5.75 Å². The van der Waals surface area contributed by atoms with Crippen molar-refractivity contribution in [2.75, 3.05) is 36.4 Å². The van der Waals surface area contributed by atoms with Crippen LogP contribution in [-0.4, -0.2) is 85.7 Å². The standard InChI is InChI=1S/C56H58N8O6S/c1-33-39(40-21-23-49(58-52(40)55(68)69)64-29-26-35-9-5-11-41(44(35)32-64)53(66)60-56-57-45-12-3-4-14-48(45)71-56)10-6-13-47(33)70-38-18-15-34(16-19-38)8-7-27-63-28-25-37(31-63)36-17-20-42-46(30-36)62(2)61-51(42)43-22-24-50(65)59-54(43)67/h3-6,9-14,17,20-21,23,30,34,37-38,43H,7-8,15-16,18-19,22,24-29,31-32H2,1-2H3,(H,68,69)(H,57,60,66)(H,59,65,67)/t34?,37-,38?,43?/m1/s1. The summed E-state index contributed by atoms with van der Waals surface area (Å²) in [5, 5.41) is 22.3. The Labute approximate surface area is 416 Å². The maximum Gasteiger partial charge on any atom is 0.355 e. The van der Waals surface area contributed by atoms with Crippen molar-refractivity contribution in [3.63, 3.8) is 0 Å². The molecule has 364 valence electrons. The first kappa shape index (κ1) is 46.4. The van der Waals surface area contributed by atoms with E-state index in [9.17, 15) is 24.3 Å². The molecular weight excluding hydrogens is 913 g/mol. The molecule has 6 heterocycles. The number of nitrogens with zero attached hydrogens (tertiary/aromatic N) is 6. The summed E-state index contributed by atoms with van der Waals surface area (Å²) in [7, 11) is 1.93. The summed E-state index contributed by atoms with van der Waals surface area (Å²) in [5.74, 6) is 0.262. The van der Waals surface area contributed by atoms with Crippen molar-refractivity contribution < 1.29 is 29.0 Å². The lowest BCUT2D eigenvalue weighted by Gasteiger charge is -2.31. The highest BCUT2D eigenvalue weighted by Crippen LogP contribution is 2.39. The summed E-state index contributed by atoms with van der Waals surface area (Å²) in [5.41, 5.74) is 8.69. The van der Waals surface area contributed by atoms with Crippen molar-refractivity contribution in [2.45, 2.75) is 95.6 Å². The van der Waals surface area contributed by atoms with E-state index < -0.39 is 11.9 Å². The second-order valence-electron chi connectivity index (χ2n) is 19.8. The summed E-state index contributed by atoms with van der Waals surface area (Å²) < 4.78 is 9.57. The Morgan fingerprint density at radius 2 is 1.73 bits per heavy atom. The number of piperidine rings is 1. The predicted molar refractivity (Wildman–Crippen MR) is 275 cm³/mol. The van der Waals surface area contributed by atoms with Crippen molar-refractivity contribution in [2.24, 2.45) is 13.0 Å². The smallest absolute Gasteiger partial charge is 0.355 e. The summed E-state index contributed by atoms with van der Waals surface area (Å²) in [6, 6.07) is 29.8. The van der Waals surface area contributed by atoms with Gasteiger partial charge in [-0.1, -0.05) is 59.9 Å². The lowest BCUT2D eigenvalue weighted by Crippen LogP contribution is -2.39. The average Bonchev–Trinajstić information content (AvgIpc) is 4.11. The Bertz CT molecular complexity index is 3180. The monoisotopic (exact) mass is 970 g/mol. The largest absolute Gasteiger partial charge is 0.490 e. The topological polar surface area (TPSA) is 172 Å². The highest BCUT2D eigenvalue weighted by atomic mass is 32.1. The molecule has 2 atom stereocenters. The first-order chi connectivity index (χ1) is 34.5. The molecule has 1 aliphatic carbocycles. The number of nitrogens with one attached hydrogen (secondary N) is 2. The minimum absolute atomic E-state index is 0.0198. The van der Waals surface area contributed by atoms with Crippen LogP contribution in [0.25, 0.3) is 32.2 Å². The molecule has 1 unspecified atom stereocenters. The third-order valence-corrected chi connectivity index (χ3v) is 16.4. The average molecular weight is 971 g/mol.